The third-order valence-corrected chi connectivity index (χ3v) is 3.15. The van der Waals surface area contributed by atoms with Crippen molar-refractivity contribution in [2.45, 2.75) is 37.1 Å². The molecule has 0 unspecified atom stereocenters. The van der Waals surface area contributed by atoms with Gasteiger partial charge in [-0.25, -0.2) is 0 Å². The maximum absolute atomic E-state index is 6.07. The molecule has 13 heavy (non-hydrogen) atoms. The van der Waals surface area contributed by atoms with Crippen LogP contribution in [0.15, 0.2) is 18.3 Å². The van der Waals surface area contributed by atoms with Gasteiger partial charge in [0.05, 0.1) is 0 Å². The van der Waals surface area contributed by atoms with Gasteiger partial charge in [-0.1, -0.05) is 6.07 Å². The molecule has 0 spiro atoms. The summed E-state index contributed by atoms with van der Waals surface area (Å²) in [6.07, 6.45) is 6.86. The predicted octanol–water partition coefficient (Wildman–Crippen LogP) is 1.91. The highest BCUT2D eigenvalue weighted by Crippen LogP contribution is 2.43. The zero-order valence-corrected chi connectivity index (χ0v) is 7.66. The standard InChI is InChI=1S/C11H14N2/c12-11(5-6-11)9-3-4-10(13-7-9)8-1-2-8/h3-4,7-8H,1-2,5-6,12H2. The van der Waals surface area contributed by atoms with Gasteiger partial charge in [0.25, 0.3) is 0 Å². The Bertz CT molecular complexity index is 320. The van der Waals surface area contributed by atoms with Crippen molar-refractivity contribution in [3.8, 4) is 0 Å². The monoisotopic (exact) mass is 174 g/mol. The van der Waals surface area contributed by atoms with E-state index in [9.17, 15) is 0 Å². The molecule has 2 fully saturated rings. The Morgan fingerprint density at radius 2 is 2.08 bits per heavy atom. The molecule has 1 heterocycles. The number of hydrogen-bond acceptors (Lipinski definition) is 2. The van der Waals surface area contributed by atoms with Gasteiger partial charge in [-0.3, -0.25) is 4.98 Å². The highest BCUT2D eigenvalue weighted by molar-refractivity contribution is 5.29. The molecule has 2 nitrogen and oxygen atoms in total. The third kappa shape index (κ3) is 1.25. The fourth-order valence-corrected chi connectivity index (χ4v) is 1.74. The summed E-state index contributed by atoms with van der Waals surface area (Å²) in [6, 6.07) is 4.31. The van der Waals surface area contributed by atoms with E-state index in [2.05, 4.69) is 17.1 Å². The van der Waals surface area contributed by atoms with E-state index >= 15 is 0 Å². The molecule has 0 radical (unpaired) electrons. The van der Waals surface area contributed by atoms with Gasteiger partial charge in [0.1, 0.15) is 0 Å². The molecule has 2 aliphatic rings. The van der Waals surface area contributed by atoms with Gasteiger partial charge in [0.2, 0.25) is 0 Å². The van der Waals surface area contributed by atoms with E-state index in [1.54, 1.807) is 0 Å². The molecular formula is C11H14N2. The van der Waals surface area contributed by atoms with Gasteiger partial charge in [-0.2, -0.15) is 0 Å². The molecule has 0 atom stereocenters. The molecule has 3 rings (SSSR count). The second-order valence-corrected chi connectivity index (χ2v) is 4.40. The maximum atomic E-state index is 6.07. The van der Waals surface area contributed by atoms with Crippen LogP contribution in [-0.2, 0) is 5.54 Å². The molecule has 0 bridgehead atoms. The second-order valence-electron chi connectivity index (χ2n) is 4.40. The summed E-state index contributed by atoms with van der Waals surface area (Å²) in [5.41, 5.74) is 8.53. The van der Waals surface area contributed by atoms with Crippen LogP contribution >= 0.6 is 0 Å². The largest absolute Gasteiger partial charge is 0.321 e. The predicted molar refractivity (Wildman–Crippen MR) is 51.3 cm³/mol. The van der Waals surface area contributed by atoms with Crippen LogP contribution in [-0.4, -0.2) is 4.98 Å². The number of pyridine rings is 1. The summed E-state index contributed by atoms with van der Waals surface area (Å²) in [5.74, 6) is 0.752. The Kier molecular flexibility index (Phi) is 1.34. The van der Waals surface area contributed by atoms with Crippen LogP contribution in [0.2, 0.25) is 0 Å². The SMILES string of the molecule is NC1(c2ccc(C3CC3)nc2)CC1. The van der Waals surface area contributed by atoms with Crippen LogP contribution in [0.3, 0.4) is 0 Å². The molecule has 2 heteroatoms. The van der Waals surface area contributed by atoms with Crippen molar-refractivity contribution in [1.82, 2.24) is 4.98 Å². The maximum Gasteiger partial charge on any atom is 0.0434 e. The molecular weight excluding hydrogens is 160 g/mol. The summed E-state index contributed by atoms with van der Waals surface area (Å²) in [6.45, 7) is 0. The van der Waals surface area contributed by atoms with Crippen molar-refractivity contribution >= 4 is 0 Å². The molecule has 0 saturated heterocycles. The fraction of sp³-hybridized carbons (Fsp3) is 0.545. The van der Waals surface area contributed by atoms with Gasteiger partial charge in [-0.05, 0) is 37.3 Å². The zero-order valence-electron chi connectivity index (χ0n) is 7.66. The topological polar surface area (TPSA) is 38.9 Å². The zero-order chi connectivity index (χ0) is 8.89. The molecule has 2 saturated carbocycles. The van der Waals surface area contributed by atoms with E-state index in [1.807, 2.05) is 6.20 Å². The minimum Gasteiger partial charge on any atom is -0.321 e. The number of nitrogens with two attached hydrogens (primary N) is 1. The lowest BCUT2D eigenvalue weighted by atomic mass is 10.1. The van der Waals surface area contributed by atoms with Gasteiger partial charge in [-0.15, -0.1) is 0 Å². The third-order valence-electron chi connectivity index (χ3n) is 3.15. The minimum absolute atomic E-state index is 0.0188. The quantitative estimate of drug-likeness (QED) is 0.743. The van der Waals surface area contributed by atoms with Crippen molar-refractivity contribution in [1.29, 1.82) is 0 Å². The summed E-state index contributed by atoms with van der Waals surface area (Å²) in [4.78, 5) is 4.47. The molecule has 1 aromatic heterocycles. The van der Waals surface area contributed by atoms with Crippen molar-refractivity contribution in [3.63, 3.8) is 0 Å². The Labute approximate surface area is 78.2 Å². The summed E-state index contributed by atoms with van der Waals surface area (Å²) in [5, 5.41) is 0. The first-order valence-electron chi connectivity index (χ1n) is 5.03. The fourth-order valence-electron chi connectivity index (χ4n) is 1.74. The number of rotatable bonds is 2. The van der Waals surface area contributed by atoms with Gasteiger partial charge >= 0.3 is 0 Å². The lowest BCUT2D eigenvalue weighted by Crippen LogP contribution is -2.18. The van der Waals surface area contributed by atoms with Crippen LogP contribution in [0.4, 0.5) is 0 Å². The van der Waals surface area contributed by atoms with Crippen molar-refractivity contribution in [3.05, 3.63) is 29.6 Å². The van der Waals surface area contributed by atoms with Gasteiger partial charge in [0.15, 0.2) is 0 Å². The van der Waals surface area contributed by atoms with Crippen LogP contribution < -0.4 is 5.73 Å². The molecule has 1 aromatic rings. The van der Waals surface area contributed by atoms with Crippen molar-refractivity contribution < 1.29 is 0 Å². The molecule has 0 aromatic carbocycles. The Hall–Kier alpha value is -0.890. The second kappa shape index (κ2) is 2.32. The summed E-state index contributed by atoms with van der Waals surface area (Å²) >= 11 is 0. The Morgan fingerprint density at radius 3 is 2.54 bits per heavy atom. The van der Waals surface area contributed by atoms with E-state index in [0.717, 1.165) is 18.8 Å². The highest BCUT2D eigenvalue weighted by atomic mass is 14.8. The number of hydrogen-bond donors (Lipinski definition) is 1. The highest BCUT2D eigenvalue weighted by Gasteiger charge is 2.40. The number of nitrogens with zero attached hydrogens (tertiary/aromatic N) is 1. The molecule has 2 aliphatic carbocycles. The first-order chi connectivity index (χ1) is 6.28. The van der Waals surface area contributed by atoms with E-state index in [4.69, 9.17) is 5.73 Å². The average Bonchev–Trinajstić information content (AvgIpc) is 2.98. The first-order valence-corrected chi connectivity index (χ1v) is 5.03. The molecule has 0 amide bonds. The van der Waals surface area contributed by atoms with Crippen molar-refractivity contribution in [2.24, 2.45) is 5.73 Å². The molecule has 68 valence electrons. The van der Waals surface area contributed by atoms with Crippen LogP contribution in [0, 0.1) is 0 Å². The first kappa shape index (κ1) is 7.51. The summed E-state index contributed by atoms with van der Waals surface area (Å²) < 4.78 is 0. The smallest absolute Gasteiger partial charge is 0.0434 e. The normalized spacial score (nSPS) is 24.4. The lowest BCUT2D eigenvalue weighted by Gasteiger charge is -2.08. The number of aromatic nitrogens is 1. The van der Waals surface area contributed by atoms with E-state index in [1.165, 1.54) is 24.1 Å². The van der Waals surface area contributed by atoms with Crippen LogP contribution in [0.1, 0.15) is 42.9 Å². The average molecular weight is 174 g/mol. The molecule has 2 N–H and O–H groups in total. The summed E-state index contributed by atoms with van der Waals surface area (Å²) in [7, 11) is 0. The van der Waals surface area contributed by atoms with Gasteiger partial charge < -0.3 is 5.73 Å². The Morgan fingerprint density at radius 1 is 1.31 bits per heavy atom. The van der Waals surface area contributed by atoms with E-state index < -0.39 is 0 Å². The molecule has 0 aliphatic heterocycles. The van der Waals surface area contributed by atoms with Crippen LogP contribution in [0.25, 0.3) is 0 Å². The Balaban J connectivity index is 1.89. The van der Waals surface area contributed by atoms with Crippen molar-refractivity contribution in [2.75, 3.05) is 0 Å². The van der Waals surface area contributed by atoms with Crippen LogP contribution in [0.5, 0.6) is 0 Å². The van der Waals surface area contributed by atoms with E-state index in [-0.39, 0.29) is 5.54 Å². The van der Waals surface area contributed by atoms with E-state index in [0.29, 0.717) is 0 Å². The van der Waals surface area contributed by atoms with Gasteiger partial charge in [0, 0.05) is 23.3 Å². The lowest BCUT2D eigenvalue weighted by molar-refractivity contribution is 0.732. The minimum atomic E-state index is -0.0188.